The van der Waals surface area contributed by atoms with Crippen molar-refractivity contribution in [2.75, 3.05) is 5.75 Å². The maximum Gasteiger partial charge on any atom is 0.154 e. The zero-order valence-corrected chi connectivity index (χ0v) is 12.2. The van der Waals surface area contributed by atoms with E-state index < -0.39 is 9.84 Å². The minimum atomic E-state index is -3.00. The number of unbranched alkanes of at least 4 members (excludes halogenated alkanes) is 2. The molecule has 4 heteroatoms. The molecule has 1 saturated carbocycles. The van der Waals surface area contributed by atoms with Gasteiger partial charge in [-0.3, -0.25) is 0 Å². The first-order chi connectivity index (χ1) is 7.81. The highest BCUT2D eigenvalue weighted by molar-refractivity contribution is 7.92. The van der Waals surface area contributed by atoms with Gasteiger partial charge in [0, 0.05) is 6.04 Å². The molecule has 1 fully saturated rings. The Hall–Kier alpha value is -0.0900. The lowest BCUT2D eigenvalue weighted by Gasteiger charge is -2.41. The van der Waals surface area contributed by atoms with Gasteiger partial charge in [-0.1, -0.05) is 40.0 Å². The van der Waals surface area contributed by atoms with Crippen LogP contribution in [0.15, 0.2) is 0 Å². The van der Waals surface area contributed by atoms with Gasteiger partial charge in [0.15, 0.2) is 9.84 Å². The second kappa shape index (κ2) is 5.70. The fraction of sp³-hybridized carbons (Fsp3) is 1.00. The fourth-order valence-electron chi connectivity index (χ4n) is 2.72. The summed E-state index contributed by atoms with van der Waals surface area (Å²) in [4.78, 5) is 0. The molecular formula is C13H27NO2S. The van der Waals surface area contributed by atoms with Gasteiger partial charge < -0.3 is 5.73 Å². The Morgan fingerprint density at radius 2 is 1.94 bits per heavy atom. The summed E-state index contributed by atoms with van der Waals surface area (Å²) >= 11 is 0. The lowest BCUT2D eigenvalue weighted by molar-refractivity contribution is 0.204. The van der Waals surface area contributed by atoms with E-state index >= 15 is 0 Å². The van der Waals surface area contributed by atoms with Crippen LogP contribution < -0.4 is 5.73 Å². The highest BCUT2D eigenvalue weighted by Crippen LogP contribution is 2.37. The highest BCUT2D eigenvalue weighted by Gasteiger charge is 2.42. The first-order valence-corrected chi connectivity index (χ1v) is 8.50. The second-order valence-corrected chi connectivity index (χ2v) is 8.36. The molecule has 3 nitrogen and oxygen atoms in total. The number of nitrogens with two attached hydrogens (primary N) is 1. The molecule has 17 heavy (non-hydrogen) atoms. The Morgan fingerprint density at radius 3 is 2.53 bits per heavy atom. The van der Waals surface area contributed by atoms with Crippen LogP contribution in [0.3, 0.4) is 0 Å². The third-order valence-corrected chi connectivity index (χ3v) is 6.42. The molecule has 0 saturated heterocycles. The Labute approximate surface area is 106 Å². The van der Waals surface area contributed by atoms with Gasteiger partial charge in [-0.25, -0.2) is 8.42 Å². The van der Waals surface area contributed by atoms with Crippen molar-refractivity contribution in [3.63, 3.8) is 0 Å². The Balaban J connectivity index is 2.70. The summed E-state index contributed by atoms with van der Waals surface area (Å²) in [6.45, 7) is 6.26. The van der Waals surface area contributed by atoms with Crippen molar-refractivity contribution in [1.29, 1.82) is 0 Å². The molecule has 2 atom stereocenters. The molecule has 1 aliphatic rings. The Bertz CT molecular complexity index is 335. The quantitative estimate of drug-likeness (QED) is 0.774. The molecule has 0 aromatic rings. The largest absolute Gasteiger partial charge is 0.326 e. The molecular weight excluding hydrogens is 234 g/mol. The van der Waals surface area contributed by atoms with Crippen LogP contribution in [0, 0.1) is 5.41 Å². The zero-order chi connectivity index (χ0) is 13.1. The van der Waals surface area contributed by atoms with Crippen LogP contribution in [0.1, 0.15) is 59.3 Å². The first kappa shape index (κ1) is 15.0. The molecule has 0 aromatic heterocycles. The monoisotopic (exact) mass is 261 g/mol. The standard InChI is InChI=1S/C13H27NO2S/c1-4-5-6-10-17(15,16)11-8-7-9-13(2,3)12(11)14/h11-12H,4-10,14H2,1-3H3. The van der Waals surface area contributed by atoms with Gasteiger partial charge in [0.1, 0.15) is 0 Å². The van der Waals surface area contributed by atoms with E-state index in [9.17, 15) is 8.42 Å². The third kappa shape index (κ3) is 3.68. The molecule has 0 radical (unpaired) electrons. The summed E-state index contributed by atoms with van der Waals surface area (Å²) in [5.74, 6) is 0.315. The Kier molecular flexibility index (Phi) is 5.02. The summed E-state index contributed by atoms with van der Waals surface area (Å²) < 4.78 is 24.6. The minimum Gasteiger partial charge on any atom is -0.326 e. The average molecular weight is 261 g/mol. The molecule has 0 heterocycles. The zero-order valence-electron chi connectivity index (χ0n) is 11.4. The van der Waals surface area contributed by atoms with Gasteiger partial charge in [0.2, 0.25) is 0 Å². The number of sulfone groups is 1. The van der Waals surface area contributed by atoms with Gasteiger partial charge in [0.05, 0.1) is 11.0 Å². The van der Waals surface area contributed by atoms with Crippen LogP contribution in [-0.4, -0.2) is 25.5 Å². The molecule has 0 bridgehead atoms. The van der Waals surface area contributed by atoms with Crippen molar-refractivity contribution in [3.8, 4) is 0 Å². The summed E-state index contributed by atoms with van der Waals surface area (Å²) in [6, 6.07) is -0.206. The summed E-state index contributed by atoms with van der Waals surface area (Å²) in [5, 5.41) is -0.317. The minimum absolute atomic E-state index is 0.0409. The van der Waals surface area contributed by atoms with Crippen LogP contribution in [0.25, 0.3) is 0 Å². The molecule has 1 aliphatic carbocycles. The van der Waals surface area contributed by atoms with E-state index in [0.29, 0.717) is 5.75 Å². The van der Waals surface area contributed by atoms with Gasteiger partial charge in [0.25, 0.3) is 0 Å². The predicted octanol–water partition coefficient (Wildman–Crippen LogP) is 2.50. The van der Waals surface area contributed by atoms with Crippen LogP contribution in [0.2, 0.25) is 0 Å². The van der Waals surface area contributed by atoms with Gasteiger partial charge in [-0.2, -0.15) is 0 Å². The lowest BCUT2D eigenvalue weighted by atomic mass is 9.73. The lowest BCUT2D eigenvalue weighted by Crippen LogP contribution is -2.53. The van der Waals surface area contributed by atoms with E-state index in [1.54, 1.807) is 0 Å². The molecule has 0 aliphatic heterocycles. The third-order valence-electron chi connectivity index (χ3n) is 4.11. The van der Waals surface area contributed by atoms with Gasteiger partial charge in [-0.15, -0.1) is 0 Å². The number of hydrogen-bond donors (Lipinski definition) is 1. The van der Waals surface area contributed by atoms with E-state index in [0.717, 1.165) is 38.5 Å². The molecule has 0 aromatic carbocycles. The van der Waals surface area contributed by atoms with Crippen LogP contribution >= 0.6 is 0 Å². The molecule has 2 unspecified atom stereocenters. The average Bonchev–Trinajstić information content (AvgIpc) is 2.22. The normalized spacial score (nSPS) is 29.2. The summed E-state index contributed by atoms with van der Waals surface area (Å²) in [5.41, 5.74) is 6.13. The molecule has 0 amide bonds. The topological polar surface area (TPSA) is 60.2 Å². The number of rotatable bonds is 5. The molecule has 102 valence electrons. The van der Waals surface area contributed by atoms with Crippen molar-refractivity contribution in [2.45, 2.75) is 70.6 Å². The SMILES string of the molecule is CCCCCS(=O)(=O)C1CCCC(C)(C)C1N. The molecule has 1 rings (SSSR count). The van der Waals surface area contributed by atoms with Crippen molar-refractivity contribution >= 4 is 9.84 Å². The van der Waals surface area contributed by atoms with Crippen LogP contribution in [-0.2, 0) is 9.84 Å². The summed E-state index contributed by atoms with van der Waals surface area (Å²) in [7, 11) is -3.00. The molecule has 2 N–H and O–H groups in total. The van der Waals surface area contributed by atoms with Gasteiger partial charge >= 0.3 is 0 Å². The maximum absolute atomic E-state index is 12.3. The second-order valence-electron chi connectivity index (χ2n) is 6.02. The van der Waals surface area contributed by atoms with E-state index in [1.165, 1.54) is 0 Å². The van der Waals surface area contributed by atoms with Crippen molar-refractivity contribution in [3.05, 3.63) is 0 Å². The van der Waals surface area contributed by atoms with E-state index in [4.69, 9.17) is 5.73 Å². The Morgan fingerprint density at radius 1 is 1.29 bits per heavy atom. The maximum atomic E-state index is 12.3. The summed E-state index contributed by atoms with van der Waals surface area (Å²) in [6.07, 6.45) is 5.59. The molecule has 0 spiro atoms. The van der Waals surface area contributed by atoms with Crippen LogP contribution in [0.5, 0.6) is 0 Å². The van der Waals surface area contributed by atoms with Crippen molar-refractivity contribution in [1.82, 2.24) is 0 Å². The van der Waals surface area contributed by atoms with E-state index in [2.05, 4.69) is 20.8 Å². The first-order valence-electron chi connectivity index (χ1n) is 6.78. The van der Waals surface area contributed by atoms with E-state index in [-0.39, 0.29) is 16.7 Å². The van der Waals surface area contributed by atoms with Gasteiger partial charge in [-0.05, 0) is 24.7 Å². The number of hydrogen-bond acceptors (Lipinski definition) is 3. The van der Waals surface area contributed by atoms with Crippen LogP contribution in [0.4, 0.5) is 0 Å². The predicted molar refractivity (Wildman–Crippen MR) is 72.7 cm³/mol. The highest BCUT2D eigenvalue weighted by atomic mass is 32.2. The van der Waals surface area contributed by atoms with E-state index in [1.807, 2.05) is 0 Å². The van der Waals surface area contributed by atoms with Crippen molar-refractivity contribution < 1.29 is 8.42 Å². The smallest absolute Gasteiger partial charge is 0.154 e. The fourth-order valence-corrected chi connectivity index (χ4v) is 4.97. The van der Waals surface area contributed by atoms with Crippen molar-refractivity contribution in [2.24, 2.45) is 11.1 Å².